The highest BCUT2D eigenvalue weighted by atomic mass is 35.5. The summed E-state index contributed by atoms with van der Waals surface area (Å²) in [6, 6.07) is 1.89. The standard InChI is InChI=1S/C14H22N4O.ClH/c1-13(3-4-13)11-16-12(19)14(5-8-15-9-6-14)18-10-2-7-17-18;/h2,7,10,15H,3-6,8-9,11H2,1H3,(H,16,19);1H. The summed E-state index contributed by atoms with van der Waals surface area (Å²) < 4.78 is 1.85. The molecule has 1 aliphatic heterocycles. The SMILES string of the molecule is CC1(CNC(=O)C2(n3cccn3)CCNCC2)CC1.Cl. The number of carbonyl (C=O) groups excluding carboxylic acids is 1. The van der Waals surface area contributed by atoms with Crippen molar-refractivity contribution in [3.8, 4) is 0 Å². The Kier molecular flexibility index (Phi) is 4.39. The topological polar surface area (TPSA) is 59.0 Å². The largest absolute Gasteiger partial charge is 0.353 e. The zero-order chi connectivity index (χ0) is 13.3. The van der Waals surface area contributed by atoms with E-state index >= 15 is 0 Å². The van der Waals surface area contributed by atoms with Gasteiger partial charge in [-0.15, -0.1) is 12.4 Å². The van der Waals surface area contributed by atoms with Gasteiger partial charge in [0.1, 0.15) is 5.54 Å². The molecule has 2 heterocycles. The average molecular weight is 299 g/mol. The molecule has 0 unspecified atom stereocenters. The highest BCUT2D eigenvalue weighted by Gasteiger charge is 2.44. The van der Waals surface area contributed by atoms with Crippen LogP contribution < -0.4 is 10.6 Å². The Balaban J connectivity index is 0.00000147. The van der Waals surface area contributed by atoms with Gasteiger partial charge in [0, 0.05) is 18.9 Å². The molecular formula is C14H23ClN4O. The number of halogens is 1. The van der Waals surface area contributed by atoms with Crippen LogP contribution in [0.4, 0.5) is 0 Å². The first-order valence-corrected chi connectivity index (χ1v) is 7.14. The van der Waals surface area contributed by atoms with Crippen LogP contribution in [0.2, 0.25) is 0 Å². The molecule has 1 aromatic rings. The lowest BCUT2D eigenvalue weighted by atomic mass is 9.87. The van der Waals surface area contributed by atoms with Crippen LogP contribution in [0.25, 0.3) is 0 Å². The van der Waals surface area contributed by atoms with E-state index in [-0.39, 0.29) is 18.3 Å². The van der Waals surface area contributed by atoms with Gasteiger partial charge in [0.25, 0.3) is 0 Å². The predicted molar refractivity (Wildman–Crippen MR) is 79.9 cm³/mol. The van der Waals surface area contributed by atoms with Gasteiger partial charge in [0.05, 0.1) is 0 Å². The third kappa shape index (κ3) is 2.83. The molecule has 0 aromatic carbocycles. The molecule has 5 nitrogen and oxygen atoms in total. The third-order valence-corrected chi connectivity index (χ3v) is 4.58. The van der Waals surface area contributed by atoms with Crippen LogP contribution in [0.3, 0.4) is 0 Å². The van der Waals surface area contributed by atoms with Crippen molar-refractivity contribution in [1.82, 2.24) is 20.4 Å². The predicted octanol–water partition coefficient (Wildman–Crippen LogP) is 1.30. The molecule has 1 aliphatic carbocycles. The fourth-order valence-electron chi connectivity index (χ4n) is 2.77. The van der Waals surface area contributed by atoms with Crippen molar-refractivity contribution >= 4 is 18.3 Å². The van der Waals surface area contributed by atoms with Crippen LogP contribution in [-0.2, 0) is 10.3 Å². The second kappa shape index (κ2) is 5.74. The van der Waals surface area contributed by atoms with Gasteiger partial charge in [-0.3, -0.25) is 9.48 Å². The maximum absolute atomic E-state index is 12.7. The number of rotatable bonds is 4. The number of amides is 1. The first kappa shape index (κ1) is 15.3. The fourth-order valence-corrected chi connectivity index (χ4v) is 2.77. The molecular weight excluding hydrogens is 276 g/mol. The minimum absolute atomic E-state index is 0. The molecule has 1 amide bonds. The second-order valence-electron chi connectivity index (χ2n) is 6.23. The van der Waals surface area contributed by atoms with Gasteiger partial charge in [-0.25, -0.2) is 0 Å². The van der Waals surface area contributed by atoms with Gasteiger partial charge < -0.3 is 10.6 Å². The van der Waals surface area contributed by atoms with E-state index in [4.69, 9.17) is 0 Å². The van der Waals surface area contributed by atoms with Gasteiger partial charge in [-0.1, -0.05) is 6.92 Å². The molecule has 0 atom stereocenters. The number of hydrogen-bond donors (Lipinski definition) is 2. The maximum Gasteiger partial charge on any atom is 0.248 e. The smallest absolute Gasteiger partial charge is 0.248 e. The van der Waals surface area contributed by atoms with E-state index in [1.165, 1.54) is 12.8 Å². The summed E-state index contributed by atoms with van der Waals surface area (Å²) >= 11 is 0. The monoisotopic (exact) mass is 298 g/mol. The van der Waals surface area contributed by atoms with Crippen molar-refractivity contribution in [3.05, 3.63) is 18.5 Å². The third-order valence-electron chi connectivity index (χ3n) is 4.58. The first-order valence-electron chi connectivity index (χ1n) is 7.14. The Labute approximate surface area is 125 Å². The maximum atomic E-state index is 12.7. The van der Waals surface area contributed by atoms with E-state index in [0.29, 0.717) is 5.41 Å². The van der Waals surface area contributed by atoms with Crippen molar-refractivity contribution in [2.75, 3.05) is 19.6 Å². The number of piperidine rings is 1. The molecule has 3 rings (SSSR count). The molecule has 0 bridgehead atoms. The normalized spacial score (nSPS) is 22.6. The van der Waals surface area contributed by atoms with Crippen LogP contribution in [0.15, 0.2) is 18.5 Å². The number of aromatic nitrogens is 2. The minimum Gasteiger partial charge on any atom is -0.353 e. The van der Waals surface area contributed by atoms with Gasteiger partial charge in [0.2, 0.25) is 5.91 Å². The Hall–Kier alpha value is -1.07. The summed E-state index contributed by atoms with van der Waals surface area (Å²) in [5.74, 6) is 0.130. The zero-order valence-electron chi connectivity index (χ0n) is 11.9. The van der Waals surface area contributed by atoms with Crippen molar-refractivity contribution in [2.45, 2.75) is 38.1 Å². The summed E-state index contributed by atoms with van der Waals surface area (Å²) in [6.07, 6.45) is 7.71. The lowest BCUT2D eigenvalue weighted by Gasteiger charge is -2.36. The Morgan fingerprint density at radius 3 is 2.60 bits per heavy atom. The van der Waals surface area contributed by atoms with Crippen molar-refractivity contribution < 1.29 is 4.79 Å². The summed E-state index contributed by atoms with van der Waals surface area (Å²) in [5.41, 5.74) is -0.159. The van der Waals surface area contributed by atoms with Crippen molar-refractivity contribution in [1.29, 1.82) is 0 Å². The number of nitrogens with zero attached hydrogens (tertiary/aromatic N) is 2. The van der Waals surface area contributed by atoms with Gasteiger partial charge in [-0.05, 0) is 50.3 Å². The van der Waals surface area contributed by atoms with E-state index in [1.807, 2.05) is 16.9 Å². The molecule has 6 heteroatoms. The highest BCUT2D eigenvalue weighted by molar-refractivity contribution is 5.85. The molecule has 112 valence electrons. The van der Waals surface area contributed by atoms with Gasteiger partial charge >= 0.3 is 0 Å². The number of nitrogens with one attached hydrogen (secondary N) is 2. The number of hydrogen-bond acceptors (Lipinski definition) is 3. The zero-order valence-corrected chi connectivity index (χ0v) is 12.7. The molecule has 2 aliphatic rings. The molecule has 0 radical (unpaired) electrons. The fraction of sp³-hybridized carbons (Fsp3) is 0.714. The summed E-state index contributed by atoms with van der Waals surface area (Å²) in [4.78, 5) is 12.7. The van der Waals surface area contributed by atoms with Crippen LogP contribution >= 0.6 is 12.4 Å². The van der Waals surface area contributed by atoms with Crippen LogP contribution in [0.5, 0.6) is 0 Å². The Morgan fingerprint density at radius 1 is 1.35 bits per heavy atom. The molecule has 1 aromatic heterocycles. The van der Waals surface area contributed by atoms with Crippen LogP contribution in [0.1, 0.15) is 32.6 Å². The summed E-state index contributed by atoms with van der Waals surface area (Å²) in [5, 5.41) is 10.8. The number of carbonyl (C=O) groups is 1. The molecule has 1 saturated carbocycles. The van der Waals surface area contributed by atoms with Gasteiger partial charge in [0.15, 0.2) is 0 Å². The van der Waals surface area contributed by atoms with Crippen LogP contribution in [0, 0.1) is 5.41 Å². The molecule has 20 heavy (non-hydrogen) atoms. The molecule has 1 saturated heterocycles. The van der Waals surface area contributed by atoms with Crippen molar-refractivity contribution in [2.24, 2.45) is 5.41 Å². The Bertz CT molecular complexity index is 450. The lowest BCUT2D eigenvalue weighted by Crippen LogP contribution is -2.55. The Morgan fingerprint density at radius 2 is 2.05 bits per heavy atom. The second-order valence-corrected chi connectivity index (χ2v) is 6.23. The van der Waals surface area contributed by atoms with E-state index in [9.17, 15) is 4.79 Å². The highest BCUT2D eigenvalue weighted by Crippen LogP contribution is 2.44. The quantitative estimate of drug-likeness (QED) is 0.881. The molecule has 2 fully saturated rings. The molecule has 2 N–H and O–H groups in total. The van der Waals surface area contributed by atoms with E-state index < -0.39 is 5.54 Å². The van der Waals surface area contributed by atoms with Crippen molar-refractivity contribution in [3.63, 3.8) is 0 Å². The van der Waals surface area contributed by atoms with E-state index in [1.54, 1.807) is 6.20 Å². The summed E-state index contributed by atoms with van der Waals surface area (Å²) in [7, 11) is 0. The minimum atomic E-state index is -0.500. The van der Waals surface area contributed by atoms with Gasteiger partial charge in [-0.2, -0.15) is 5.10 Å². The average Bonchev–Trinajstić information content (AvgIpc) is 2.96. The van der Waals surface area contributed by atoms with E-state index in [2.05, 4.69) is 22.7 Å². The lowest BCUT2D eigenvalue weighted by molar-refractivity contribution is -0.132. The summed E-state index contributed by atoms with van der Waals surface area (Å²) in [6.45, 7) is 4.76. The first-order chi connectivity index (χ1) is 9.15. The van der Waals surface area contributed by atoms with Crippen LogP contribution in [-0.4, -0.2) is 35.3 Å². The molecule has 0 spiro atoms. The van der Waals surface area contributed by atoms with E-state index in [0.717, 1.165) is 32.5 Å².